The number of hydrogen-bond donors (Lipinski definition) is 3. The number of aliphatic hydroxyl groups is 2. The molecule has 0 aromatic carbocycles. The fourth-order valence-corrected chi connectivity index (χ4v) is 11.6. The minimum Gasteiger partial charge on any atom is -0.466 e. The van der Waals surface area contributed by atoms with Crippen LogP contribution in [0.25, 0.3) is 0 Å². The number of carbonyl (C=O) groups excluding carboxylic acids is 2. The van der Waals surface area contributed by atoms with Crippen molar-refractivity contribution >= 4 is 11.9 Å². The third kappa shape index (κ3) is 68.8. The van der Waals surface area contributed by atoms with E-state index in [-0.39, 0.29) is 18.5 Å². The van der Waals surface area contributed by atoms with Crippen molar-refractivity contribution in [2.75, 3.05) is 13.2 Å². The number of hydrogen-bond acceptors (Lipinski definition) is 5. The van der Waals surface area contributed by atoms with Gasteiger partial charge in [0.2, 0.25) is 5.91 Å². The quantitative estimate of drug-likeness (QED) is 0.0320. The normalized spacial score (nSPS) is 12.8. The number of unbranched alkanes of at least 4 members (excludes halogenated alkanes) is 51. The van der Waals surface area contributed by atoms with E-state index in [0.29, 0.717) is 25.9 Å². The Balaban J connectivity index is 3.39. The molecule has 2 atom stereocenters. The molecule has 0 saturated carbocycles. The lowest BCUT2D eigenvalue weighted by Gasteiger charge is -2.22. The topological polar surface area (TPSA) is 95.9 Å². The number of carbonyl (C=O) groups is 2. The lowest BCUT2D eigenvalue weighted by molar-refractivity contribution is -0.143. The Labute approximate surface area is 518 Å². The van der Waals surface area contributed by atoms with Gasteiger partial charge in [-0.15, -0.1) is 0 Å². The molecule has 3 N–H and O–H groups in total. The molecule has 0 rings (SSSR count). The first-order valence-electron chi connectivity index (χ1n) is 37.4. The Kier molecular flexibility index (Phi) is 70.4. The molecule has 83 heavy (non-hydrogen) atoms. The SMILES string of the molecule is CCCCCC/C=C\C/C=C\CCCCCCCCCC(=O)OCCCCCCCCCCC/C=C\C/C=C\CCCCCCCCCCCCCCCCCC(=O)NC(CO)C(O)CCCCCCCCCCCCCCCCCCC. The minimum absolute atomic E-state index is 0.00617. The molecule has 0 aliphatic carbocycles. The van der Waals surface area contributed by atoms with E-state index in [0.717, 1.165) is 57.8 Å². The van der Waals surface area contributed by atoms with Gasteiger partial charge < -0.3 is 20.3 Å². The van der Waals surface area contributed by atoms with Gasteiger partial charge in [-0.3, -0.25) is 9.59 Å². The van der Waals surface area contributed by atoms with Gasteiger partial charge in [0, 0.05) is 12.8 Å². The number of aliphatic hydroxyl groups excluding tert-OH is 2. The van der Waals surface area contributed by atoms with E-state index in [9.17, 15) is 19.8 Å². The van der Waals surface area contributed by atoms with Crippen LogP contribution in [0.5, 0.6) is 0 Å². The molecule has 2 unspecified atom stereocenters. The molecular formula is C77H145NO5. The van der Waals surface area contributed by atoms with Gasteiger partial charge in [0.15, 0.2) is 0 Å². The van der Waals surface area contributed by atoms with Crippen LogP contribution in [-0.4, -0.2) is 47.4 Å². The molecular weight excluding hydrogens is 1020 g/mol. The molecule has 6 heteroatoms. The van der Waals surface area contributed by atoms with Gasteiger partial charge in [0.25, 0.3) is 0 Å². The Bertz CT molecular complexity index is 1390. The summed E-state index contributed by atoms with van der Waals surface area (Å²) >= 11 is 0. The Hall–Kier alpha value is -2.18. The summed E-state index contributed by atoms with van der Waals surface area (Å²) in [5.41, 5.74) is 0. The highest BCUT2D eigenvalue weighted by molar-refractivity contribution is 5.76. The fourth-order valence-electron chi connectivity index (χ4n) is 11.6. The molecule has 0 fully saturated rings. The van der Waals surface area contributed by atoms with Crippen LogP contribution in [0.15, 0.2) is 48.6 Å². The number of rotatable bonds is 70. The summed E-state index contributed by atoms with van der Waals surface area (Å²) in [7, 11) is 0. The summed E-state index contributed by atoms with van der Waals surface area (Å²) in [6, 6.07) is -0.542. The van der Waals surface area contributed by atoms with E-state index in [1.807, 2.05) is 0 Å². The maximum Gasteiger partial charge on any atom is 0.305 e. The van der Waals surface area contributed by atoms with Crippen LogP contribution in [0.2, 0.25) is 0 Å². The van der Waals surface area contributed by atoms with Gasteiger partial charge in [-0.1, -0.05) is 351 Å². The van der Waals surface area contributed by atoms with Crippen molar-refractivity contribution < 1.29 is 24.5 Å². The lowest BCUT2D eigenvalue weighted by atomic mass is 10.0. The summed E-state index contributed by atoms with van der Waals surface area (Å²) in [4.78, 5) is 24.6. The average Bonchev–Trinajstić information content (AvgIpc) is 3.48. The molecule has 488 valence electrons. The van der Waals surface area contributed by atoms with Crippen LogP contribution in [0.1, 0.15) is 406 Å². The van der Waals surface area contributed by atoms with Gasteiger partial charge in [-0.2, -0.15) is 0 Å². The minimum atomic E-state index is -0.665. The van der Waals surface area contributed by atoms with Gasteiger partial charge in [-0.25, -0.2) is 0 Å². The van der Waals surface area contributed by atoms with Crippen molar-refractivity contribution in [3.63, 3.8) is 0 Å². The van der Waals surface area contributed by atoms with Gasteiger partial charge in [0.1, 0.15) is 0 Å². The van der Waals surface area contributed by atoms with Crippen LogP contribution in [0.4, 0.5) is 0 Å². The van der Waals surface area contributed by atoms with Crippen molar-refractivity contribution in [3.8, 4) is 0 Å². The largest absolute Gasteiger partial charge is 0.466 e. The third-order valence-electron chi connectivity index (χ3n) is 17.4. The first-order chi connectivity index (χ1) is 41.0. The summed E-state index contributed by atoms with van der Waals surface area (Å²) in [5.74, 6) is -0.0251. The highest BCUT2D eigenvalue weighted by Crippen LogP contribution is 2.19. The first kappa shape index (κ1) is 80.8. The summed E-state index contributed by atoms with van der Waals surface area (Å²) in [6.07, 6.45) is 94.6. The number of allylic oxidation sites excluding steroid dienone is 8. The fraction of sp³-hybridized carbons (Fsp3) is 0.870. The zero-order chi connectivity index (χ0) is 59.9. The molecule has 0 aromatic heterocycles. The smallest absolute Gasteiger partial charge is 0.305 e. The first-order valence-corrected chi connectivity index (χ1v) is 37.4. The van der Waals surface area contributed by atoms with Crippen LogP contribution >= 0.6 is 0 Å². The van der Waals surface area contributed by atoms with Crippen LogP contribution < -0.4 is 5.32 Å². The van der Waals surface area contributed by atoms with E-state index in [2.05, 4.69) is 67.8 Å². The highest BCUT2D eigenvalue weighted by atomic mass is 16.5. The zero-order valence-electron chi connectivity index (χ0n) is 55.9. The van der Waals surface area contributed by atoms with E-state index < -0.39 is 12.1 Å². The monoisotopic (exact) mass is 1160 g/mol. The summed E-state index contributed by atoms with van der Waals surface area (Å²) in [6.45, 7) is 4.96. The molecule has 0 aliphatic rings. The van der Waals surface area contributed by atoms with E-state index in [1.54, 1.807) is 0 Å². The molecule has 0 bridgehead atoms. The van der Waals surface area contributed by atoms with E-state index in [1.165, 1.54) is 315 Å². The molecule has 0 aliphatic heterocycles. The predicted octanol–water partition coefficient (Wildman–Crippen LogP) is 24.4. The van der Waals surface area contributed by atoms with Crippen LogP contribution in [0.3, 0.4) is 0 Å². The predicted molar refractivity (Wildman–Crippen MR) is 366 cm³/mol. The molecule has 6 nitrogen and oxygen atoms in total. The maximum atomic E-state index is 12.5. The molecule has 0 heterocycles. The molecule has 0 saturated heterocycles. The summed E-state index contributed by atoms with van der Waals surface area (Å²) in [5, 5.41) is 23.4. The molecule has 0 radical (unpaired) electrons. The second-order valence-corrected chi connectivity index (χ2v) is 25.6. The zero-order valence-corrected chi connectivity index (χ0v) is 55.9. The Morgan fingerprint density at radius 3 is 0.928 bits per heavy atom. The highest BCUT2D eigenvalue weighted by Gasteiger charge is 2.20. The van der Waals surface area contributed by atoms with E-state index >= 15 is 0 Å². The van der Waals surface area contributed by atoms with Crippen LogP contribution in [0, 0.1) is 0 Å². The van der Waals surface area contributed by atoms with E-state index in [4.69, 9.17) is 4.74 Å². The van der Waals surface area contributed by atoms with Gasteiger partial charge in [-0.05, 0) is 89.9 Å². The van der Waals surface area contributed by atoms with Gasteiger partial charge in [0.05, 0.1) is 25.4 Å². The second kappa shape index (κ2) is 72.3. The number of ether oxygens (including phenoxy) is 1. The standard InChI is InChI=1S/C77H145NO5/c1-3-5-7-9-11-13-15-17-19-21-39-43-47-51-55-59-63-67-71-77(82)83-72-68-64-60-56-52-48-44-40-36-34-32-30-28-26-24-22-23-25-27-29-31-33-35-38-42-46-50-54-58-62-66-70-76(81)78-74(73-79)75(80)69-65-61-57-53-49-45-41-37-20-18-16-14-12-10-8-6-4-2/h13,15,19,21,24,26,30,32,74-75,79-80H,3-12,14,16-18,20,22-23,25,27-29,31,33-73H2,1-2H3,(H,78,81)/b15-13-,21-19-,26-24-,32-30-. The Morgan fingerprint density at radius 1 is 0.337 bits per heavy atom. The maximum absolute atomic E-state index is 12.5. The molecule has 1 amide bonds. The molecule has 0 spiro atoms. The van der Waals surface area contributed by atoms with Crippen molar-refractivity contribution in [1.82, 2.24) is 5.32 Å². The lowest BCUT2D eigenvalue weighted by Crippen LogP contribution is -2.45. The van der Waals surface area contributed by atoms with Gasteiger partial charge >= 0.3 is 5.97 Å². The summed E-state index contributed by atoms with van der Waals surface area (Å²) < 4.78 is 5.50. The van der Waals surface area contributed by atoms with Crippen molar-refractivity contribution in [2.24, 2.45) is 0 Å². The Morgan fingerprint density at radius 2 is 0.602 bits per heavy atom. The number of esters is 1. The average molecular weight is 1170 g/mol. The van der Waals surface area contributed by atoms with Crippen LogP contribution in [-0.2, 0) is 14.3 Å². The van der Waals surface area contributed by atoms with Crippen molar-refractivity contribution in [2.45, 2.75) is 418 Å². The molecule has 0 aromatic rings. The second-order valence-electron chi connectivity index (χ2n) is 25.6. The number of nitrogens with one attached hydrogen (secondary N) is 1. The number of amides is 1. The van der Waals surface area contributed by atoms with Crippen molar-refractivity contribution in [1.29, 1.82) is 0 Å². The van der Waals surface area contributed by atoms with Crippen molar-refractivity contribution in [3.05, 3.63) is 48.6 Å². The third-order valence-corrected chi connectivity index (χ3v) is 17.4.